The van der Waals surface area contributed by atoms with Gasteiger partial charge in [0.25, 0.3) is 9.05 Å². The summed E-state index contributed by atoms with van der Waals surface area (Å²) < 4.78 is 24.1. The van der Waals surface area contributed by atoms with Gasteiger partial charge in [-0.3, -0.25) is 0 Å². The number of H-pyrrole nitrogens is 1. The molecule has 0 atom stereocenters. The molecular weight excluding hydrogens is 288 g/mol. The average Bonchev–Trinajstić information content (AvgIpc) is 2.90. The van der Waals surface area contributed by atoms with Gasteiger partial charge in [-0.2, -0.15) is 5.10 Å². The fourth-order valence-corrected chi connectivity index (χ4v) is 2.95. The number of nitrogens with one attached hydrogen (secondary N) is 1. The zero-order chi connectivity index (χ0) is 13.6. The van der Waals surface area contributed by atoms with Gasteiger partial charge in [-0.25, -0.2) is 18.1 Å². The number of rotatable bonds is 2. The Kier molecular flexibility index (Phi) is 2.61. The average molecular weight is 297 g/mol. The van der Waals surface area contributed by atoms with Crippen molar-refractivity contribution in [3.8, 4) is 5.95 Å². The van der Waals surface area contributed by atoms with E-state index in [0.29, 0.717) is 11.6 Å². The van der Waals surface area contributed by atoms with E-state index in [4.69, 9.17) is 10.7 Å². The maximum absolute atomic E-state index is 11.4. The fourth-order valence-electron chi connectivity index (χ4n) is 1.89. The summed E-state index contributed by atoms with van der Waals surface area (Å²) in [6, 6.07) is 7.49. The number of para-hydroxylation sites is 2. The molecule has 6 nitrogen and oxygen atoms in total. The first-order valence-electron chi connectivity index (χ1n) is 5.41. The van der Waals surface area contributed by atoms with Crippen LogP contribution in [-0.2, 0) is 9.05 Å². The first-order chi connectivity index (χ1) is 8.97. The number of nitrogens with zero attached hydrogens (tertiary/aromatic N) is 3. The van der Waals surface area contributed by atoms with E-state index in [1.54, 1.807) is 6.92 Å². The third-order valence-corrected chi connectivity index (χ3v) is 4.23. The summed E-state index contributed by atoms with van der Waals surface area (Å²) in [5.74, 6) is 0.449. The molecule has 0 amide bonds. The summed E-state index contributed by atoms with van der Waals surface area (Å²) in [5.41, 5.74) is 2.04. The molecule has 2 aromatic heterocycles. The maximum Gasteiger partial charge on any atom is 0.264 e. The molecule has 0 radical (unpaired) electrons. The molecule has 0 spiro atoms. The van der Waals surface area contributed by atoms with Crippen molar-refractivity contribution in [1.29, 1.82) is 0 Å². The minimum atomic E-state index is -3.80. The van der Waals surface area contributed by atoms with Crippen LogP contribution in [0, 0.1) is 6.92 Å². The second-order valence-corrected chi connectivity index (χ2v) is 6.56. The van der Waals surface area contributed by atoms with E-state index < -0.39 is 9.05 Å². The summed E-state index contributed by atoms with van der Waals surface area (Å²) in [4.78, 5) is 7.40. The Morgan fingerprint density at radius 2 is 2.05 bits per heavy atom. The van der Waals surface area contributed by atoms with Crippen molar-refractivity contribution < 1.29 is 8.42 Å². The number of aromatic nitrogens is 4. The number of hydrogen-bond acceptors (Lipinski definition) is 4. The van der Waals surface area contributed by atoms with Gasteiger partial charge in [-0.1, -0.05) is 12.1 Å². The number of fused-ring (bicyclic) bond motifs is 1. The van der Waals surface area contributed by atoms with E-state index in [9.17, 15) is 8.42 Å². The highest BCUT2D eigenvalue weighted by Gasteiger charge is 2.20. The monoisotopic (exact) mass is 296 g/mol. The van der Waals surface area contributed by atoms with E-state index in [1.165, 1.54) is 10.9 Å². The van der Waals surface area contributed by atoms with Crippen molar-refractivity contribution in [3.05, 3.63) is 36.2 Å². The number of aromatic amines is 1. The molecule has 3 rings (SSSR count). The van der Waals surface area contributed by atoms with Gasteiger partial charge in [0.2, 0.25) is 5.95 Å². The van der Waals surface area contributed by atoms with E-state index in [1.807, 2.05) is 24.3 Å². The lowest BCUT2D eigenvalue weighted by Crippen LogP contribution is -2.02. The predicted octanol–water partition coefficient (Wildman–Crippen LogP) is 1.98. The second kappa shape index (κ2) is 4.07. The molecule has 98 valence electrons. The minimum absolute atomic E-state index is 0.0189. The molecule has 0 bridgehead atoms. The van der Waals surface area contributed by atoms with E-state index in [-0.39, 0.29) is 4.90 Å². The lowest BCUT2D eigenvalue weighted by Gasteiger charge is -1.99. The maximum atomic E-state index is 11.4. The van der Waals surface area contributed by atoms with E-state index in [2.05, 4.69) is 15.1 Å². The molecule has 0 aliphatic rings. The molecular formula is C11H9ClN4O2S. The van der Waals surface area contributed by atoms with Gasteiger partial charge in [0.15, 0.2) is 0 Å². The molecule has 0 aliphatic carbocycles. The van der Waals surface area contributed by atoms with Gasteiger partial charge >= 0.3 is 0 Å². The molecule has 0 unspecified atom stereocenters. The van der Waals surface area contributed by atoms with Gasteiger partial charge in [-0.15, -0.1) is 0 Å². The Morgan fingerprint density at radius 1 is 1.32 bits per heavy atom. The van der Waals surface area contributed by atoms with Crippen LogP contribution in [0.15, 0.2) is 35.4 Å². The van der Waals surface area contributed by atoms with Crippen molar-refractivity contribution in [3.63, 3.8) is 0 Å². The number of benzene rings is 1. The topological polar surface area (TPSA) is 80.6 Å². The zero-order valence-corrected chi connectivity index (χ0v) is 11.4. The Morgan fingerprint density at radius 3 is 2.68 bits per heavy atom. The van der Waals surface area contributed by atoms with Crippen LogP contribution in [0.4, 0.5) is 0 Å². The second-order valence-electron chi connectivity index (χ2n) is 4.02. The van der Waals surface area contributed by atoms with Crippen LogP contribution in [0.3, 0.4) is 0 Å². The highest BCUT2D eigenvalue weighted by atomic mass is 35.7. The van der Waals surface area contributed by atoms with Crippen LogP contribution in [-0.4, -0.2) is 28.2 Å². The van der Waals surface area contributed by atoms with Gasteiger partial charge in [0, 0.05) is 10.7 Å². The molecule has 1 aromatic carbocycles. The highest BCUT2D eigenvalue weighted by Crippen LogP contribution is 2.21. The lowest BCUT2D eigenvalue weighted by atomic mass is 10.3. The van der Waals surface area contributed by atoms with E-state index >= 15 is 0 Å². The Bertz CT molecular complexity index is 833. The largest absolute Gasteiger partial charge is 0.322 e. The highest BCUT2D eigenvalue weighted by molar-refractivity contribution is 8.13. The SMILES string of the molecule is Cc1c(S(=O)(=O)Cl)cnn1-c1nc2ccccc2[nH]1. The van der Waals surface area contributed by atoms with Crippen molar-refractivity contribution in [2.75, 3.05) is 0 Å². The summed E-state index contributed by atoms with van der Waals surface area (Å²) in [6.45, 7) is 1.62. The van der Waals surface area contributed by atoms with Gasteiger partial charge in [-0.05, 0) is 19.1 Å². The summed E-state index contributed by atoms with van der Waals surface area (Å²) in [5, 5.41) is 4.01. The minimum Gasteiger partial charge on any atom is -0.322 e. The quantitative estimate of drug-likeness (QED) is 0.733. The van der Waals surface area contributed by atoms with Crippen molar-refractivity contribution in [1.82, 2.24) is 19.7 Å². The summed E-state index contributed by atoms with van der Waals surface area (Å²) >= 11 is 0. The zero-order valence-electron chi connectivity index (χ0n) is 9.83. The van der Waals surface area contributed by atoms with E-state index in [0.717, 1.165) is 11.0 Å². The molecule has 0 saturated carbocycles. The Labute approximate surface area is 113 Å². The fraction of sp³-hybridized carbons (Fsp3) is 0.0909. The summed E-state index contributed by atoms with van der Waals surface area (Å²) in [7, 11) is 1.53. The molecule has 2 heterocycles. The molecule has 0 aliphatic heterocycles. The van der Waals surface area contributed by atoms with Crippen LogP contribution in [0.1, 0.15) is 5.69 Å². The van der Waals surface area contributed by atoms with Crippen LogP contribution in [0.5, 0.6) is 0 Å². The van der Waals surface area contributed by atoms with Crippen LogP contribution < -0.4 is 0 Å². The van der Waals surface area contributed by atoms with Crippen LogP contribution >= 0.6 is 10.7 Å². The van der Waals surface area contributed by atoms with Crippen LogP contribution in [0.2, 0.25) is 0 Å². The smallest absolute Gasteiger partial charge is 0.264 e. The van der Waals surface area contributed by atoms with Gasteiger partial charge in [0.1, 0.15) is 4.90 Å². The normalized spacial score (nSPS) is 12.1. The van der Waals surface area contributed by atoms with Crippen molar-refractivity contribution in [2.45, 2.75) is 11.8 Å². The van der Waals surface area contributed by atoms with Crippen molar-refractivity contribution in [2.24, 2.45) is 0 Å². The van der Waals surface area contributed by atoms with Crippen molar-refractivity contribution >= 4 is 30.8 Å². The molecule has 1 N–H and O–H groups in total. The lowest BCUT2D eigenvalue weighted by molar-refractivity contribution is 0.609. The van der Waals surface area contributed by atoms with Crippen LogP contribution in [0.25, 0.3) is 17.0 Å². The number of imidazole rings is 1. The van der Waals surface area contributed by atoms with Gasteiger partial charge < -0.3 is 4.98 Å². The third kappa shape index (κ3) is 2.00. The standard InChI is InChI=1S/C11H9ClN4O2S/c1-7-10(19(12,17)18)6-13-16(7)11-14-8-4-2-3-5-9(8)15-11/h2-6H,1H3,(H,14,15). The molecule has 19 heavy (non-hydrogen) atoms. The molecule has 8 heteroatoms. The number of hydrogen-bond donors (Lipinski definition) is 1. The third-order valence-electron chi connectivity index (χ3n) is 2.80. The number of halogens is 1. The molecule has 0 fully saturated rings. The first-order valence-corrected chi connectivity index (χ1v) is 7.72. The Hall–Kier alpha value is -1.86. The first kappa shape index (κ1) is 12.2. The van der Waals surface area contributed by atoms with Gasteiger partial charge in [0.05, 0.1) is 22.9 Å². The predicted molar refractivity (Wildman–Crippen MR) is 71.0 cm³/mol. The Balaban J connectivity index is 2.20. The summed E-state index contributed by atoms with van der Waals surface area (Å²) in [6.07, 6.45) is 1.21. The molecule has 0 saturated heterocycles. The molecule has 3 aromatic rings.